The van der Waals surface area contributed by atoms with E-state index in [-0.39, 0.29) is 9.93 Å². The zero-order chi connectivity index (χ0) is 32.1. The van der Waals surface area contributed by atoms with Crippen LogP contribution in [0.4, 0.5) is 5.82 Å². The third-order valence-corrected chi connectivity index (χ3v) is 14.9. The van der Waals surface area contributed by atoms with Gasteiger partial charge < -0.3 is 4.43 Å². The van der Waals surface area contributed by atoms with Crippen molar-refractivity contribution < 1.29 is 17.5 Å². The summed E-state index contributed by atoms with van der Waals surface area (Å²) in [5, 5.41) is 4.94. The van der Waals surface area contributed by atoms with Crippen molar-refractivity contribution in [3.63, 3.8) is 0 Å². The van der Waals surface area contributed by atoms with Crippen LogP contribution < -0.4 is 15.2 Å². The zero-order valence-electron chi connectivity index (χ0n) is 26.3. The van der Waals surface area contributed by atoms with Gasteiger partial charge in [0.2, 0.25) is 0 Å². The van der Waals surface area contributed by atoms with Gasteiger partial charge in [0.15, 0.2) is 0 Å². The summed E-state index contributed by atoms with van der Waals surface area (Å²) in [6, 6.07) is 32.0. The first kappa shape index (κ1) is 32.4. The van der Waals surface area contributed by atoms with Crippen LogP contribution in [0.25, 0.3) is 10.7 Å². The van der Waals surface area contributed by atoms with Gasteiger partial charge in [0.05, 0.1) is 16.5 Å². The molecule has 0 aliphatic heterocycles. The fraction of sp³-hybridized carbons (Fsp3) is 0.229. The van der Waals surface area contributed by atoms with Crippen LogP contribution in [0, 0.1) is 6.92 Å². The number of rotatable bonds is 11. The maximum Gasteiger partial charge on any atom is 0.358 e. The molecule has 3 aromatic carbocycles. The summed E-state index contributed by atoms with van der Waals surface area (Å²) >= 11 is 1.41. The Hall–Kier alpha value is -3.96. The van der Waals surface area contributed by atoms with Crippen molar-refractivity contribution in [3.8, 4) is 10.7 Å². The molecular weight excluding hydrogens is 617 g/mol. The Morgan fingerprint density at radius 2 is 1.53 bits per heavy atom. The normalized spacial score (nSPS) is 12.7. The number of thiazole rings is 1. The minimum absolute atomic E-state index is 0.0848. The minimum Gasteiger partial charge on any atom is -0.407 e. The van der Waals surface area contributed by atoms with Crippen molar-refractivity contribution in [2.24, 2.45) is 0 Å². The van der Waals surface area contributed by atoms with Crippen LogP contribution in [0.3, 0.4) is 0 Å². The molecule has 7 nitrogen and oxygen atoms in total. The Labute approximate surface area is 271 Å². The molecule has 2 heterocycles. The average molecular weight is 656 g/mol. The van der Waals surface area contributed by atoms with Crippen LogP contribution in [-0.4, -0.2) is 44.2 Å². The Bertz CT molecular complexity index is 1810. The second-order valence-corrected chi connectivity index (χ2v) is 18.7. The Kier molecular flexibility index (Phi) is 9.78. The molecule has 0 fully saturated rings. The molecule has 5 rings (SSSR count). The van der Waals surface area contributed by atoms with Gasteiger partial charge >= 0.3 is 5.82 Å². The molecule has 0 unspecified atom stereocenters. The van der Waals surface area contributed by atoms with Gasteiger partial charge in [-0.15, -0.1) is 9.52 Å². The van der Waals surface area contributed by atoms with Crippen LogP contribution >= 0.6 is 11.3 Å². The molecule has 0 bridgehead atoms. The lowest BCUT2D eigenvalue weighted by Crippen LogP contribution is -2.66. The summed E-state index contributed by atoms with van der Waals surface area (Å²) < 4.78 is 34.3. The molecule has 45 heavy (non-hydrogen) atoms. The van der Waals surface area contributed by atoms with Gasteiger partial charge in [-0.05, 0) is 64.4 Å². The van der Waals surface area contributed by atoms with Crippen LogP contribution in [0.1, 0.15) is 38.8 Å². The Morgan fingerprint density at radius 3 is 2.07 bits per heavy atom. The first-order valence-corrected chi connectivity index (χ1v) is 19.1. The summed E-state index contributed by atoms with van der Waals surface area (Å²) in [7, 11) is -6.38. The van der Waals surface area contributed by atoms with Gasteiger partial charge in [0.25, 0.3) is 23.3 Å². The van der Waals surface area contributed by atoms with Crippen molar-refractivity contribution in [2.45, 2.75) is 51.0 Å². The zero-order valence-corrected chi connectivity index (χ0v) is 28.9. The number of aromatic nitrogens is 2. The smallest absolute Gasteiger partial charge is 0.358 e. The van der Waals surface area contributed by atoms with Gasteiger partial charge in [-0.3, -0.25) is 4.98 Å². The van der Waals surface area contributed by atoms with Crippen molar-refractivity contribution in [1.29, 1.82) is 0 Å². The number of nitrogens with one attached hydrogen (secondary N) is 1. The third kappa shape index (κ3) is 7.15. The second-order valence-electron chi connectivity index (χ2n) is 11.9. The van der Waals surface area contributed by atoms with Crippen LogP contribution in [0.5, 0.6) is 0 Å². The molecule has 0 aliphatic rings. The van der Waals surface area contributed by atoms with Gasteiger partial charge in [-0.2, -0.15) is 8.42 Å². The largest absolute Gasteiger partial charge is 0.407 e. The van der Waals surface area contributed by atoms with E-state index in [4.69, 9.17) is 9.41 Å². The maximum atomic E-state index is 12.9. The highest BCUT2D eigenvalue weighted by atomic mass is 32.2. The number of hydrogen-bond donors (Lipinski definition) is 1. The molecular formula is C35H39N4O3S2Si+. The number of pyridine rings is 1. The van der Waals surface area contributed by atoms with E-state index in [2.05, 4.69) is 97.3 Å². The average Bonchev–Trinajstić information content (AvgIpc) is 3.53. The predicted molar refractivity (Wildman–Crippen MR) is 186 cm³/mol. The molecule has 2 aromatic heterocycles. The van der Waals surface area contributed by atoms with Gasteiger partial charge in [-0.25, -0.2) is 0 Å². The SMILES string of the molecule is C/C=[N+](\NS(=O)(=O)c1ccc(C)cc1)c1csc(-c2ccc(CCO[Si](c3ccccc3)(c3ccccc3)C(C)(C)C)cn2)n1. The fourth-order valence-electron chi connectivity index (χ4n) is 5.41. The standard InChI is InChI=1S/C35H39N4O3S2Si/c1-6-39(38-44(40,41)29-20-17-27(2)18-21-29)33-26-43-34(37-33)32-22-19-28(25-36-32)23-24-42-45(35(3,4)5,30-13-9-7-10-14-30)31-15-11-8-12-16-31/h6-22,25-26,38H,23-24H2,1-5H3/q+1/b39-6-. The minimum atomic E-state index is -3.78. The monoisotopic (exact) mass is 655 g/mol. The summed E-state index contributed by atoms with van der Waals surface area (Å²) in [6.07, 6.45) is 4.22. The number of hydrogen-bond acceptors (Lipinski definition) is 6. The molecule has 0 atom stereocenters. The summed E-state index contributed by atoms with van der Waals surface area (Å²) in [5.41, 5.74) is 2.78. The lowest BCUT2D eigenvalue weighted by molar-refractivity contribution is -0.479. The van der Waals surface area contributed by atoms with E-state index < -0.39 is 18.3 Å². The van der Waals surface area contributed by atoms with Crippen molar-refractivity contribution in [1.82, 2.24) is 14.8 Å². The molecule has 0 radical (unpaired) electrons. The number of benzene rings is 3. The third-order valence-electron chi connectivity index (χ3n) is 7.72. The number of nitrogens with zero attached hydrogens (tertiary/aromatic N) is 3. The molecule has 0 saturated carbocycles. The van der Waals surface area contributed by atoms with Crippen molar-refractivity contribution in [2.75, 3.05) is 6.61 Å². The van der Waals surface area contributed by atoms with E-state index in [9.17, 15) is 8.42 Å². The quantitative estimate of drug-likeness (QED) is 0.0786. The van der Waals surface area contributed by atoms with E-state index in [0.29, 0.717) is 17.4 Å². The van der Waals surface area contributed by atoms with Crippen molar-refractivity contribution in [3.05, 3.63) is 120 Å². The molecule has 0 spiro atoms. The van der Waals surface area contributed by atoms with E-state index in [1.807, 2.05) is 19.2 Å². The molecule has 232 valence electrons. The number of hydrazine groups is 1. The molecule has 1 N–H and O–H groups in total. The second kappa shape index (κ2) is 13.6. The lowest BCUT2D eigenvalue weighted by Gasteiger charge is -2.43. The Morgan fingerprint density at radius 1 is 0.911 bits per heavy atom. The van der Waals surface area contributed by atoms with E-state index in [0.717, 1.165) is 23.2 Å². The van der Waals surface area contributed by atoms with E-state index in [1.54, 1.807) is 42.8 Å². The number of aryl methyl sites for hydroxylation is 1. The van der Waals surface area contributed by atoms with Gasteiger partial charge in [0, 0.05) is 12.8 Å². The van der Waals surface area contributed by atoms with Gasteiger partial charge in [-0.1, -0.05) is 117 Å². The van der Waals surface area contributed by atoms with E-state index in [1.165, 1.54) is 26.4 Å². The highest BCUT2D eigenvalue weighted by Crippen LogP contribution is 2.37. The first-order valence-electron chi connectivity index (χ1n) is 14.9. The van der Waals surface area contributed by atoms with Gasteiger partial charge in [0.1, 0.15) is 5.69 Å². The number of sulfonamides is 1. The van der Waals surface area contributed by atoms with Crippen LogP contribution in [-0.2, 0) is 20.9 Å². The van der Waals surface area contributed by atoms with Crippen molar-refractivity contribution >= 4 is 52.1 Å². The Balaban J connectivity index is 1.30. The summed E-state index contributed by atoms with van der Waals surface area (Å²) in [6.45, 7) is 11.1. The van der Waals surface area contributed by atoms with Crippen LogP contribution in [0.15, 0.2) is 114 Å². The predicted octanol–water partition coefficient (Wildman–Crippen LogP) is 6.26. The van der Waals surface area contributed by atoms with Crippen LogP contribution in [0.2, 0.25) is 5.04 Å². The first-order chi connectivity index (χ1) is 21.5. The molecule has 0 saturated heterocycles. The highest BCUT2D eigenvalue weighted by Gasteiger charge is 2.50. The molecule has 0 amide bonds. The highest BCUT2D eigenvalue weighted by molar-refractivity contribution is 7.89. The summed E-state index contributed by atoms with van der Waals surface area (Å²) in [4.78, 5) is 12.1. The summed E-state index contributed by atoms with van der Waals surface area (Å²) in [5.74, 6) is 0.470. The maximum absolute atomic E-state index is 12.9. The number of hydrazone groups is 1. The lowest BCUT2D eigenvalue weighted by atomic mass is 10.2. The van der Waals surface area contributed by atoms with E-state index >= 15 is 0 Å². The molecule has 0 aliphatic carbocycles. The fourth-order valence-corrected chi connectivity index (χ4v) is 11.8. The topological polar surface area (TPSA) is 84.2 Å². The molecule has 10 heteroatoms. The molecule has 5 aromatic rings.